The summed E-state index contributed by atoms with van der Waals surface area (Å²) in [6.07, 6.45) is 1.94. The van der Waals surface area contributed by atoms with Crippen molar-refractivity contribution in [3.05, 3.63) is 52.7 Å². The summed E-state index contributed by atoms with van der Waals surface area (Å²) < 4.78 is 22.3. The molecule has 0 atom stereocenters. The average molecular weight is 386 g/mol. The molecule has 4 rings (SSSR count). The van der Waals surface area contributed by atoms with Crippen LogP contribution >= 0.6 is 0 Å². The molecule has 1 aliphatic heterocycles. The van der Waals surface area contributed by atoms with Gasteiger partial charge in [-0.1, -0.05) is 0 Å². The molecule has 2 aromatic heterocycles. The molecule has 28 heavy (non-hydrogen) atoms. The number of hydrogen-bond acceptors (Lipinski definition) is 4. The van der Waals surface area contributed by atoms with Gasteiger partial charge in [0, 0.05) is 45.3 Å². The standard InChI is InChI=1S/C20H23FN4O3/c21-15-3-4-16-18(14-15)25(20(27)17-2-1-7-24(16)17)8-5-19(26)22-6-9-23-10-12-28-13-11-23/h1-4,7,14H,5-6,8-13H2,(H,22,26). The molecule has 7 nitrogen and oxygen atoms in total. The summed E-state index contributed by atoms with van der Waals surface area (Å²) in [5, 5.41) is 2.90. The molecular weight excluding hydrogens is 363 g/mol. The summed E-state index contributed by atoms with van der Waals surface area (Å²) in [5.41, 5.74) is 1.49. The first kappa shape index (κ1) is 18.6. The van der Waals surface area contributed by atoms with E-state index in [-0.39, 0.29) is 24.4 Å². The first-order valence-electron chi connectivity index (χ1n) is 9.49. The fraction of sp³-hybridized carbons (Fsp3) is 0.400. The van der Waals surface area contributed by atoms with Crippen molar-refractivity contribution in [1.29, 1.82) is 0 Å². The minimum atomic E-state index is -0.415. The fourth-order valence-corrected chi connectivity index (χ4v) is 3.63. The van der Waals surface area contributed by atoms with Crippen molar-refractivity contribution in [1.82, 2.24) is 19.2 Å². The van der Waals surface area contributed by atoms with E-state index < -0.39 is 5.82 Å². The van der Waals surface area contributed by atoms with E-state index >= 15 is 0 Å². The molecular formula is C20H23FN4O3. The fourth-order valence-electron chi connectivity index (χ4n) is 3.63. The highest BCUT2D eigenvalue weighted by molar-refractivity contribution is 5.80. The minimum absolute atomic E-state index is 0.125. The molecule has 3 aromatic rings. The number of hydrogen-bond donors (Lipinski definition) is 1. The molecule has 0 spiro atoms. The molecule has 0 saturated carbocycles. The van der Waals surface area contributed by atoms with Crippen LogP contribution in [0.3, 0.4) is 0 Å². The van der Waals surface area contributed by atoms with Gasteiger partial charge in [-0.15, -0.1) is 0 Å². The maximum Gasteiger partial charge on any atom is 0.275 e. The van der Waals surface area contributed by atoms with Crippen LogP contribution in [0.5, 0.6) is 0 Å². The molecule has 1 fully saturated rings. The second-order valence-corrected chi connectivity index (χ2v) is 6.91. The Morgan fingerprint density at radius 1 is 1.11 bits per heavy atom. The largest absolute Gasteiger partial charge is 0.379 e. The molecule has 0 aliphatic carbocycles. The zero-order valence-electron chi connectivity index (χ0n) is 15.6. The minimum Gasteiger partial charge on any atom is -0.379 e. The zero-order valence-corrected chi connectivity index (χ0v) is 15.6. The molecule has 1 amide bonds. The van der Waals surface area contributed by atoms with Crippen molar-refractivity contribution in [2.45, 2.75) is 13.0 Å². The van der Waals surface area contributed by atoms with Gasteiger partial charge in [-0.2, -0.15) is 0 Å². The molecule has 148 valence electrons. The smallest absolute Gasteiger partial charge is 0.275 e. The summed E-state index contributed by atoms with van der Waals surface area (Å²) in [7, 11) is 0. The van der Waals surface area contributed by atoms with Crippen molar-refractivity contribution in [2.75, 3.05) is 39.4 Å². The number of carbonyl (C=O) groups is 1. The number of halogens is 1. The van der Waals surface area contributed by atoms with Gasteiger partial charge in [0.2, 0.25) is 5.91 Å². The third kappa shape index (κ3) is 3.79. The number of nitrogens with zero attached hydrogens (tertiary/aromatic N) is 3. The first-order valence-corrected chi connectivity index (χ1v) is 9.49. The monoisotopic (exact) mass is 386 g/mol. The van der Waals surface area contributed by atoms with Gasteiger partial charge in [0.1, 0.15) is 11.3 Å². The second kappa shape index (κ2) is 8.12. The van der Waals surface area contributed by atoms with Crippen molar-refractivity contribution >= 4 is 22.5 Å². The molecule has 1 aromatic carbocycles. The Morgan fingerprint density at radius 3 is 2.75 bits per heavy atom. The molecule has 0 unspecified atom stereocenters. The van der Waals surface area contributed by atoms with E-state index in [4.69, 9.17) is 4.74 Å². The Balaban J connectivity index is 1.46. The number of morpholine rings is 1. The van der Waals surface area contributed by atoms with Gasteiger partial charge < -0.3 is 19.0 Å². The van der Waals surface area contributed by atoms with Gasteiger partial charge in [0.25, 0.3) is 5.56 Å². The Hall–Kier alpha value is -2.71. The Morgan fingerprint density at radius 2 is 1.93 bits per heavy atom. The normalized spacial score (nSPS) is 15.3. The van der Waals surface area contributed by atoms with Crippen molar-refractivity contribution in [2.24, 2.45) is 0 Å². The second-order valence-electron chi connectivity index (χ2n) is 6.91. The van der Waals surface area contributed by atoms with Gasteiger partial charge in [-0.25, -0.2) is 4.39 Å². The van der Waals surface area contributed by atoms with Crippen LogP contribution < -0.4 is 10.9 Å². The van der Waals surface area contributed by atoms with Crippen molar-refractivity contribution in [3.8, 4) is 0 Å². The molecule has 3 heterocycles. The number of aromatic nitrogens is 2. The predicted octanol–water partition coefficient (Wildman–Crippen LogP) is 1.23. The van der Waals surface area contributed by atoms with Crippen LogP contribution in [0.25, 0.3) is 16.6 Å². The number of amides is 1. The Kier molecular flexibility index (Phi) is 5.40. The van der Waals surface area contributed by atoms with Crippen LogP contribution in [0.4, 0.5) is 4.39 Å². The maximum absolute atomic E-state index is 13.8. The van der Waals surface area contributed by atoms with Crippen LogP contribution in [0, 0.1) is 5.82 Å². The molecule has 1 N–H and O–H groups in total. The number of rotatable bonds is 6. The highest BCUT2D eigenvalue weighted by Gasteiger charge is 2.13. The van der Waals surface area contributed by atoms with Crippen LogP contribution in [-0.2, 0) is 16.1 Å². The maximum atomic E-state index is 13.8. The van der Waals surface area contributed by atoms with Gasteiger partial charge in [0.05, 0.1) is 24.2 Å². The van der Waals surface area contributed by atoms with Crippen LogP contribution in [0.2, 0.25) is 0 Å². The van der Waals surface area contributed by atoms with E-state index in [0.29, 0.717) is 17.6 Å². The van der Waals surface area contributed by atoms with Crippen molar-refractivity contribution < 1.29 is 13.9 Å². The average Bonchev–Trinajstić information content (AvgIpc) is 3.19. The van der Waals surface area contributed by atoms with Gasteiger partial charge in [0.15, 0.2) is 0 Å². The Bertz CT molecular complexity index is 1050. The van der Waals surface area contributed by atoms with Crippen LogP contribution in [0.15, 0.2) is 41.3 Å². The van der Waals surface area contributed by atoms with E-state index in [2.05, 4.69) is 10.2 Å². The summed E-state index contributed by atoms with van der Waals surface area (Å²) in [6.45, 7) is 4.73. The Labute approximate surface area is 161 Å². The number of carbonyl (C=O) groups excluding carboxylic acids is 1. The SMILES string of the molecule is O=C(CCn1c(=O)c2cccn2c2ccc(F)cc21)NCCN1CCOCC1. The third-order valence-corrected chi connectivity index (χ3v) is 5.12. The lowest BCUT2D eigenvalue weighted by molar-refractivity contribution is -0.121. The molecule has 0 radical (unpaired) electrons. The quantitative estimate of drug-likeness (QED) is 0.692. The lowest BCUT2D eigenvalue weighted by atomic mass is 10.2. The van der Waals surface area contributed by atoms with E-state index in [1.165, 1.54) is 16.7 Å². The number of ether oxygens (including phenoxy) is 1. The summed E-state index contributed by atoms with van der Waals surface area (Å²) in [4.78, 5) is 27.3. The van der Waals surface area contributed by atoms with E-state index in [0.717, 1.165) is 38.4 Å². The van der Waals surface area contributed by atoms with Crippen LogP contribution in [0.1, 0.15) is 6.42 Å². The molecule has 0 bridgehead atoms. The first-order chi connectivity index (χ1) is 13.6. The summed E-state index contributed by atoms with van der Waals surface area (Å²) in [5.74, 6) is -0.540. The lowest BCUT2D eigenvalue weighted by Gasteiger charge is -2.26. The zero-order chi connectivity index (χ0) is 19.5. The summed E-state index contributed by atoms with van der Waals surface area (Å²) in [6, 6.07) is 7.86. The number of aryl methyl sites for hydroxylation is 1. The van der Waals surface area contributed by atoms with Crippen LogP contribution in [-0.4, -0.2) is 59.2 Å². The predicted molar refractivity (Wildman–Crippen MR) is 104 cm³/mol. The number of benzene rings is 1. The highest BCUT2D eigenvalue weighted by Crippen LogP contribution is 2.17. The number of fused-ring (bicyclic) bond motifs is 3. The van der Waals surface area contributed by atoms with Gasteiger partial charge in [-0.3, -0.25) is 14.5 Å². The van der Waals surface area contributed by atoms with Gasteiger partial charge >= 0.3 is 0 Å². The molecule has 8 heteroatoms. The highest BCUT2D eigenvalue weighted by atomic mass is 19.1. The van der Waals surface area contributed by atoms with Crippen molar-refractivity contribution in [3.63, 3.8) is 0 Å². The summed E-state index contributed by atoms with van der Waals surface area (Å²) >= 11 is 0. The lowest BCUT2D eigenvalue weighted by Crippen LogP contribution is -2.41. The van der Waals surface area contributed by atoms with Gasteiger partial charge in [-0.05, 0) is 30.3 Å². The number of nitrogens with one attached hydrogen (secondary N) is 1. The third-order valence-electron chi connectivity index (χ3n) is 5.12. The van der Waals surface area contributed by atoms with E-state index in [9.17, 15) is 14.0 Å². The molecule has 1 aliphatic rings. The molecule has 1 saturated heterocycles. The van der Waals surface area contributed by atoms with E-state index in [1.807, 2.05) is 0 Å². The van der Waals surface area contributed by atoms with E-state index in [1.54, 1.807) is 28.8 Å². The topological polar surface area (TPSA) is 68.0 Å².